The van der Waals surface area contributed by atoms with Crippen LogP contribution in [0.5, 0.6) is 0 Å². The van der Waals surface area contributed by atoms with E-state index >= 15 is 0 Å². The molecule has 0 aliphatic rings. The lowest BCUT2D eigenvalue weighted by Gasteiger charge is -2.05. The minimum atomic E-state index is -3.35. The predicted molar refractivity (Wildman–Crippen MR) is 167 cm³/mol. The van der Waals surface area contributed by atoms with Crippen LogP contribution in [-0.2, 0) is 34.3 Å². The van der Waals surface area contributed by atoms with Gasteiger partial charge in [0.1, 0.15) is 0 Å². The molecule has 0 radical (unpaired) electrons. The first-order chi connectivity index (χ1) is 18.5. The second-order valence-electron chi connectivity index (χ2n) is 8.20. The fraction of sp³-hybridized carbons (Fsp3) is 0.174. The Morgan fingerprint density at radius 3 is 1.46 bits per heavy atom. The van der Waals surface area contributed by atoms with E-state index in [1.165, 1.54) is 25.1 Å². The third kappa shape index (κ3) is 12.2. The Morgan fingerprint density at radius 1 is 0.732 bits per heavy atom. The van der Waals surface area contributed by atoms with Crippen molar-refractivity contribution in [1.29, 1.82) is 0 Å². The van der Waals surface area contributed by atoms with E-state index in [4.69, 9.17) is 5.73 Å². The molecule has 3 rings (SSSR count). The predicted octanol–water partition coefficient (Wildman–Crippen LogP) is 5.01. The van der Waals surface area contributed by atoms with Gasteiger partial charge in [0.15, 0.2) is 29.5 Å². The van der Waals surface area contributed by atoms with E-state index in [2.05, 4.69) is 53.1 Å². The molecule has 0 bridgehead atoms. The maximum atomic E-state index is 11.3. The van der Waals surface area contributed by atoms with Crippen molar-refractivity contribution in [1.82, 2.24) is 0 Å². The van der Waals surface area contributed by atoms with Gasteiger partial charge in [-0.15, -0.1) is 0 Å². The number of nitrogens with one attached hydrogen (secondary N) is 1. The molecule has 0 unspecified atom stereocenters. The van der Waals surface area contributed by atoms with Crippen molar-refractivity contribution in [3.05, 3.63) is 78.1 Å². The smallest absolute Gasteiger partial charge is 0.270 e. The minimum Gasteiger partial charge on any atom is -0.399 e. The number of anilines is 2. The van der Waals surface area contributed by atoms with E-state index < -0.39 is 34.4 Å². The van der Waals surface area contributed by atoms with Crippen LogP contribution in [-0.4, -0.2) is 54.9 Å². The molecule has 0 aliphatic heterocycles. The Morgan fingerprint density at radius 2 is 1.12 bits per heavy atom. The van der Waals surface area contributed by atoms with Gasteiger partial charge in [-0.25, -0.2) is 25.3 Å². The highest BCUT2D eigenvalue weighted by atomic mass is 79.9. The highest BCUT2D eigenvalue weighted by Gasteiger charge is 2.16. The summed E-state index contributed by atoms with van der Waals surface area (Å²) in [5.41, 5.74) is 6.39. The number of hydrogen-bond donors (Lipinski definition) is 2. The highest BCUT2D eigenvalue weighted by Crippen LogP contribution is 2.27. The van der Waals surface area contributed by atoms with Gasteiger partial charge in [-0.05, 0) is 90.3 Å². The van der Waals surface area contributed by atoms with Crippen molar-refractivity contribution in [3.63, 3.8) is 0 Å². The molecule has 12 nitrogen and oxygen atoms in total. The van der Waals surface area contributed by atoms with Gasteiger partial charge in [-0.3, -0.25) is 14.9 Å². The van der Waals surface area contributed by atoms with Gasteiger partial charge in [-0.1, -0.05) is 0 Å². The number of carbonyl (C=O) groups excluding carboxylic acids is 1. The first-order valence-corrected chi connectivity index (χ1v) is 18.8. The summed E-state index contributed by atoms with van der Waals surface area (Å²) in [6, 6.07) is 12.7. The molecule has 224 valence electrons. The largest absolute Gasteiger partial charge is 0.399 e. The Hall–Kier alpha value is -2.38. The fourth-order valence-corrected chi connectivity index (χ4v) is 8.78. The highest BCUT2D eigenvalue weighted by molar-refractivity contribution is 9.11. The van der Waals surface area contributed by atoms with E-state index in [1.807, 2.05) is 0 Å². The topological polar surface area (TPSA) is 201 Å². The van der Waals surface area contributed by atoms with Crippen LogP contribution in [0.25, 0.3) is 0 Å². The van der Waals surface area contributed by atoms with Gasteiger partial charge in [0, 0.05) is 62.6 Å². The second kappa shape index (κ2) is 14.7. The van der Waals surface area contributed by atoms with Crippen LogP contribution in [0, 0.1) is 10.1 Å². The molecule has 0 heterocycles. The van der Waals surface area contributed by atoms with Gasteiger partial charge in [0.25, 0.3) is 5.69 Å². The lowest BCUT2D eigenvalue weighted by atomic mass is 10.3. The van der Waals surface area contributed by atoms with E-state index in [9.17, 15) is 40.2 Å². The molecular weight excluding hydrogens is 798 g/mol. The minimum absolute atomic E-state index is 0.0445. The number of nitro benzene ring substituents is 1. The van der Waals surface area contributed by atoms with Crippen molar-refractivity contribution in [3.8, 4) is 0 Å². The third-order valence-electron chi connectivity index (χ3n) is 4.53. The molecule has 18 heteroatoms. The van der Waals surface area contributed by atoms with Gasteiger partial charge in [-0.2, -0.15) is 0 Å². The molecule has 3 N–H and O–H groups in total. The van der Waals surface area contributed by atoms with Crippen molar-refractivity contribution < 1.29 is 35.0 Å². The summed E-state index contributed by atoms with van der Waals surface area (Å²) < 4.78 is 68.1. The SMILES string of the molecule is CC(=O)Nc1ccc(S(C)(=O)=O)c(Br)c1.CS(=O)(=O)c1ccc(N)cc1Br.CS(=O)(=O)c1ccc([N+](=O)[O-])cc1Br. The molecule has 3 aromatic rings. The van der Waals surface area contributed by atoms with Crippen LogP contribution in [0.4, 0.5) is 17.1 Å². The van der Waals surface area contributed by atoms with Crippen molar-refractivity contribution >= 4 is 100 Å². The average molecular weight is 822 g/mol. The van der Waals surface area contributed by atoms with Gasteiger partial charge in [0.05, 0.1) is 19.6 Å². The molecule has 0 saturated carbocycles. The first-order valence-electron chi connectivity index (χ1n) is 10.7. The van der Waals surface area contributed by atoms with Crippen LogP contribution < -0.4 is 11.1 Å². The van der Waals surface area contributed by atoms with Crippen LogP contribution in [0.15, 0.2) is 82.7 Å². The zero-order valence-corrected chi connectivity index (χ0v) is 29.0. The number of carbonyl (C=O) groups is 1. The molecule has 0 saturated heterocycles. The summed E-state index contributed by atoms with van der Waals surface area (Å²) in [7, 11) is -9.74. The molecule has 1 amide bonds. The van der Waals surface area contributed by atoms with E-state index in [0.29, 0.717) is 20.3 Å². The zero-order valence-electron chi connectivity index (χ0n) is 21.8. The number of amides is 1. The number of nitrogen functional groups attached to an aromatic ring is 1. The van der Waals surface area contributed by atoms with E-state index in [1.54, 1.807) is 24.3 Å². The summed E-state index contributed by atoms with van der Waals surface area (Å²) in [6.07, 6.45) is 3.33. The number of sulfone groups is 3. The average Bonchev–Trinajstić information content (AvgIpc) is 2.76. The molecule has 41 heavy (non-hydrogen) atoms. The number of hydrogen-bond acceptors (Lipinski definition) is 10. The summed E-state index contributed by atoms with van der Waals surface area (Å²) in [4.78, 5) is 21.0. The summed E-state index contributed by atoms with van der Waals surface area (Å²) >= 11 is 9.23. The van der Waals surface area contributed by atoms with Crippen molar-refractivity contribution in [2.75, 3.05) is 29.8 Å². The Bertz CT molecular complexity index is 1800. The molecule has 0 spiro atoms. The summed E-state index contributed by atoms with van der Waals surface area (Å²) in [5, 5.41) is 12.9. The fourth-order valence-electron chi connectivity index (χ4n) is 2.80. The number of nitro groups is 1. The normalized spacial score (nSPS) is 11.3. The lowest BCUT2D eigenvalue weighted by molar-refractivity contribution is -0.385. The monoisotopic (exact) mass is 819 g/mol. The van der Waals surface area contributed by atoms with Gasteiger partial charge < -0.3 is 11.1 Å². The van der Waals surface area contributed by atoms with Crippen molar-refractivity contribution in [2.24, 2.45) is 0 Å². The van der Waals surface area contributed by atoms with E-state index in [0.717, 1.165) is 30.9 Å². The maximum Gasteiger partial charge on any atom is 0.270 e. The standard InChI is InChI=1S/C9H10BrNO3S.C7H6BrNO4S.C7H8BrNO2S/c1-6(12)11-7-3-4-9(8(10)5-7)15(2,13)14;1-14(12,13)7-3-2-5(9(10)11)4-6(7)8;1-12(10,11)7-3-2-5(9)4-6(7)8/h3-5H,1-2H3,(H,11,12);2-4H,1H3;2-4H,9H2,1H3. The molecule has 3 aromatic carbocycles. The Balaban J connectivity index is 0.000000309. The molecule has 0 fully saturated rings. The number of nitrogens with zero attached hydrogens (tertiary/aromatic N) is 1. The molecular formula is C23H24Br3N3O9S3. The Kier molecular flexibility index (Phi) is 13.1. The first kappa shape index (κ1) is 36.6. The van der Waals surface area contributed by atoms with Gasteiger partial charge in [0.2, 0.25) is 5.91 Å². The number of benzene rings is 3. The number of nitrogens with two attached hydrogens (primary N) is 1. The summed E-state index contributed by atoms with van der Waals surface area (Å²) in [5.74, 6) is -0.200. The summed E-state index contributed by atoms with van der Waals surface area (Å²) in [6.45, 7) is 1.39. The van der Waals surface area contributed by atoms with Gasteiger partial charge >= 0.3 is 0 Å². The second-order valence-corrected chi connectivity index (χ2v) is 16.7. The van der Waals surface area contributed by atoms with Crippen LogP contribution in [0.1, 0.15) is 6.92 Å². The van der Waals surface area contributed by atoms with Crippen LogP contribution >= 0.6 is 47.8 Å². The quantitative estimate of drug-likeness (QED) is 0.200. The van der Waals surface area contributed by atoms with Crippen LogP contribution in [0.3, 0.4) is 0 Å². The molecule has 0 atom stereocenters. The van der Waals surface area contributed by atoms with E-state index in [-0.39, 0.29) is 30.8 Å². The molecule has 0 aliphatic carbocycles. The maximum absolute atomic E-state index is 11.3. The number of rotatable bonds is 5. The number of halogens is 3. The Labute approximate surface area is 263 Å². The van der Waals surface area contributed by atoms with Crippen LogP contribution in [0.2, 0.25) is 0 Å². The third-order valence-corrected chi connectivity index (χ3v) is 10.8. The molecule has 0 aromatic heterocycles. The lowest BCUT2D eigenvalue weighted by Crippen LogP contribution is -2.06. The zero-order chi connectivity index (χ0) is 31.9. The number of non-ortho nitro benzene ring substituents is 1. The van der Waals surface area contributed by atoms with Crippen molar-refractivity contribution in [2.45, 2.75) is 21.6 Å².